The van der Waals surface area contributed by atoms with Gasteiger partial charge in [0, 0.05) is 0 Å². The van der Waals surface area contributed by atoms with E-state index in [1.54, 1.807) is 68.6 Å². The van der Waals surface area contributed by atoms with Crippen LogP contribution in [-0.2, 0) is 9.53 Å². The highest BCUT2D eigenvalue weighted by Crippen LogP contribution is 2.40. The van der Waals surface area contributed by atoms with Gasteiger partial charge in [-0.15, -0.1) is 0 Å². The number of carbonyl (C=O) groups excluding carboxylic acids is 1. The summed E-state index contributed by atoms with van der Waals surface area (Å²) in [5, 5.41) is 20.6. The Bertz CT molecular complexity index is 977. The molecule has 0 unspecified atom stereocenters. The molecular weight excluding hydrogens is 378 g/mol. The van der Waals surface area contributed by atoms with Gasteiger partial charge < -0.3 is 19.7 Å². The van der Waals surface area contributed by atoms with Gasteiger partial charge in [-0.1, -0.05) is 23.9 Å². The van der Waals surface area contributed by atoms with Crippen molar-refractivity contribution in [2.45, 2.75) is 6.92 Å². The van der Waals surface area contributed by atoms with Gasteiger partial charge in [-0.3, -0.25) is 0 Å². The van der Waals surface area contributed by atoms with Crippen LogP contribution in [0.4, 0.5) is 5.69 Å². The number of aliphatic hydroxyl groups excluding tert-OH is 1. The molecule has 2 aromatic carbocycles. The Morgan fingerprint density at radius 1 is 1.18 bits per heavy atom. The van der Waals surface area contributed by atoms with E-state index in [2.05, 4.69) is 4.99 Å². The van der Waals surface area contributed by atoms with Crippen LogP contribution >= 0.6 is 11.8 Å². The fourth-order valence-corrected chi connectivity index (χ4v) is 3.57. The van der Waals surface area contributed by atoms with E-state index in [-0.39, 0.29) is 23.7 Å². The lowest BCUT2D eigenvalue weighted by molar-refractivity contribution is -0.138. The lowest BCUT2D eigenvalue weighted by Crippen LogP contribution is -2.12. The van der Waals surface area contributed by atoms with E-state index in [0.717, 1.165) is 11.8 Å². The Morgan fingerprint density at radius 3 is 2.57 bits per heavy atom. The molecule has 1 heterocycles. The monoisotopic (exact) mass is 397 g/mol. The lowest BCUT2D eigenvalue weighted by Gasteiger charge is -2.04. The molecule has 144 valence electrons. The number of hydrogen-bond donors (Lipinski definition) is 2. The Kier molecular flexibility index (Phi) is 6.06. The van der Waals surface area contributed by atoms with Crippen LogP contribution in [0.1, 0.15) is 12.5 Å². The lowest BCUT2D eigenvalue weighted by atomic mass is 10.1. The molecule has 3 rings (SSSR count). The number of benzene rings is 2. The van der Waals surface area contributed by atoms with Crippen LogP contribution in [0, 0.1) is 0 Å². The van der Waals surface area contributed by atoms with Crippen LogP contribution in [0.3, 0.4) is 0 Å². The number of esters is 1. The number of methoxy groups -OCH3 is 1. The highest BCUT2D eigenvalue weighted by atomic mass is 32.2. The third kappa shape index (κ3) is 4.37. The molecule has 2 N–H and O–H groups in total. The first kappa shape index (κ1) is 19.6. The second-order valence-electron chi connectivity index (χ2n) is 5.76. The third-order valence-electron chi connectivity index (χ3n) is 3.84. The minimum atomic E-state index is -0.640. The van der Waals surface area contributed by atoms with Gasteiger partial charge in [-0.2, -0.15) is 0 Å². The van der Waals surface area contributed by atoms with Crippen molar-refractivity contribution >= 4 is 34.5 Å². The maximum Gasteiger partial charge on any atom is 0.344 e. The molecule has 0 spiro atoms. The fraction of sp³-hybridized carbons (Fsp3) is 0.143. The first-order valence-corrected chi connectivity index (χ1v) is 9.36. The van der Waals surface area contributed by atoms with E-state index in [0.29, 0.717) is 26.9 Å². The van der Waals surface area contributed by atoms with Crippen LogP contribution in [0.25, 0.3) is 6.08 Å². The van der Waals surface area contributed by atoms with Crippen LogP contribution < -0.4 is 4.74 Å². The summed E-state index contributed by atoms with van der Waals surface area (Å²) in [5.41, 5.74) is 1.31. The van der Waals surface area contributed by atoms with Crippen molar-refractivity contribution in [1.29, 1.82) is 0 Å². The van der Waals surface area contributed by atoms with E-state index in [1.165, 1.54) is 0 Å². The number of aliphatic imine (C=N–C) groups is 1. The average Bonchev–Trinajstić information content (AvgIpc) is 2.97. The average molecular weight is 397 g/mol. The van der Waals surface area contributed by atoms with Gasteiger partial charge in [-0.25, -0.2) is 9.79 Å². The van der Waals surface area contributed by atoms with Gasteiger partial charge in [0.2, 0.25) is 0 Å². The Labute approximate surface area is 166 Å². The number of phenolic OH excluding ortho intramolecular Hbond substituents is 1. The highest BCUT2D eigenvalue weighted by Gasteiger charge is 2.33. The number of hydrogen-bond acceptors (Lipinski definition) is 7. The molecule has 0 aromatic heterocycles. The molecule has 1 aliphatic heterocycles. The predicted molar refractivity (Wildman–Crippen MR) is 110 cm³/mol. The minimum absolute atomic E-state index is 0.0223. The molecule has 0 bridgehead atoms. The van der Waals surface area contributed by atoms with Crippen molar-refractivity contribution in [2.75, 3.05) is 13.7 Å². The number of nitrogens with zero attached hydrogens (tertiary/aromatic N) is 1. The number of phenols is 1. The largest absolute Gasteiger partial charge is 0.508 e. The van der Waals surface area contributed by atoms with Crippen LogP contribution in [0.5, 0.6) is 11.5 Å². The van der Waals surface area contributed by atoms with Crippen molar-refractivity contribution in [1.82, 2.24) is 0 Å². The standard InChI is InChI=1S/C21H19NO5S/c1-3-27-21(25)18-19(24)17(12-13-5-4-6-15(23)11-13)28-20(18)22-14-7-9-16(26-2)10-8-14/h4-12,23-24H,3H2,1-2H3/b17-12+,22-20?. The molecule has 0 fully saturated rings. The molecular formula is C21H19NO5S. The van der Waals surface area contributed by atoms with E-state index < -0.39 is 5.97 Å². The zero-order valence-electron chi connectivity index (χ0n) is 15.4. The molecule has 7 heteroatoms. The van der Waals surface area contributed by atoms with Gasteiger partial charge in [0.15, 0.2) is 0 Å². The molecule has 0 atom stereocenters. The molecule has 0 saturated carbocycles. The van der Waals surface area contributed by atoms with Crippen molar-refractivity contribution in [2.24, 2.45) is 4.99 Å². The third-order valence-corrected chi connectivity index (χ3v) is 4.86. The van der Waals surface area contributed by atoms with E-state index in [4.69, 9.17) is 9.47 Å². The Hall–Kier alpha value is -3.19. The molecule has 2 aromatic rings. The van der Waals surface area contributed by atoms with E-state index >= 15 is 0 Å². The topological polar surface area (TPSA) is 88.4 Å². The van der Waals surface area contributed by atoms with Crippen LogP contribution in [0.2, 0.25) is 0 Å². The smallest absolute Gasteiger partial charge is 0.344 e. The normalized spacial score (nSPS) is 16.6. The number of thioether (sulfide) groups is 1. The summed E-state index contributed by atoms with van der Waals surface area (Å²) in [6.45, 7) is 1.88. The van der Waals surface area contributed by atoms with E-state index in [9.17, 15) is 15.0 Å². The van der Waals surface area contributed by atoms with Crippen molar-refractivity contribution < 1.29 is 24.5 Å². The molecule has 0 amide bonds. The summed E-state index contributed by atoms with van der Waals surface area (Å²) in [5.74, 6) is -0.0341. The summed E-state index contributed by atoms with van der Waals surface area (Å²) in [6, 6.07) is 13.6. The van der Waals surface area contributed by atoms with Gasteiger partial charge in [-0.05, 0) is 55.0 Å². The second kappa shape index (κ2) is 8.67. The van der Waals surface area contributed by atoms with Crippen molar-refractivity contribution in [3.8, 4) is 11.5 Å². The molecule has 6 nitrogen and oxygen atoms in total. The zero-order chi connectivity index (χ0) is 20.1. The van der Waals surface area contributed by atoms with E-state index in [1.807, 2.05) is 0 Å². The molecule has 0 radical (unpaired) electrons. The summed E-state index contributed by atoms with van der Waals surface area (Å²) in [6.07, 6.45) is 1.68. The second-order valence-corrected chi connectivity index (χ2v) is 6.80. The van der Waals surface area contributed by atoms with Crippen molar-refractivity contribution in [3.63, 3.8) is 0 Å². The van der Waals surface area contributed by atoms with Gasteiger partial charge in [0.1, 0.15) is 27.9 Å². The number of aliphatic hydroxyl groups is 1. The Balaban J connectivity index is 2.01. The Morgan fingerprint density at radius 2 is 1.93 bits per heavy atom. The first-order valence-electron chi connectivity index (χ1n) is 8.54. The number of rotatable bonds is 5. The van der Waals surface area contributed by atoms with Crippen molar-refractivity contribution in [3.05, 3.63) is 70.3 Å². The first-order chi connectivity index (χ1) is 13.5. The summed E-state index contributed by atoms with van der Waals surface area (Å²) < 4.78 is 10.2. The zero-order valence-corrected chi connectivity index (χ0v) is 16.2. The summed E-state index contributed by atoms with van der Waals surface area (Å²) in [7, 11) is 1.58. The summed E-state index contributed by atoms with van der Waals surface area (Å²) in [4.78, 5) is 17.3. The van der Waals surface area contributed by atoms with Crippen LogP contribution in [0.15, 0.2) is 69.8 Å². The molecule has 28 heavy (non-hydrogen) atoms. The SMILES string of the molecule is CCOC(=O)C1=C(O)/C(=C\c2cccc(O)c2)SC1=Nc1ccc(OC)cc1. The maximum absolute atomic E-state index is 12.4. The van der Waals surface area contributed by atoms with Gasteiger partial charge >= 0.3 is 5.97 Å². The summed E-state index contributed by atoms with van der Waals surface area (Å²) >= 11 is 1.16. The van der Waals surface area contributed by atoms with Gasteiger partial charge in [0.25, 0.3) is 0 Å². The number of aromatic hydroxyl groups is 1. The molecule has 0 saturated heterocycles. The minimum Gasteiger partial charge on any atom is -0.508 e. The van der Waals surface area contributed by atoms with Crippen LogP contribution in [-0.4, -0.2) is 34.9 Å². The van der Waals surface area contributed by atoms with Gasteiger partial charge in [0.05, 0.1) is 24.3 Å². The fourth-order valence-electron chi connectivity index (χ4n) is 2.53. The molecule has 1 aliphatic rings. The highest BCUT2D eigenvalue weighted by molar-refractivity contribution is 8.18. The number of ether oxygens (including phenoxy) is 2. The quantitative estimate of drug-likeness (QED) is 0.717. The maximum atomic E-state index is 12.4. The number of carbonyl (C=O) groups is 1. The molecule has 0 aliphatic carbocycles. The predicted octanol–water partition coefficient (Wildman–Crippen LogP) is 4.59.